The van der Waals surface area contributed by atoms with Gasteiger partial charge >= 0.3 is 0 Å². The van der Waals surface area contributed by atoms with Crippen molar-refractivity contribution >= 4 is 17.2 Å². The molecule has 0 spiro atoms. The van der Waals surface area contributed by atoms with E-state index in [-0.39, 0.29) is 31.0 Å². The average molecular weight is 281 g/mol. The minimum absolute atomic E-state index is 0.0476. The lowest BCUT2D eigenvalue weighted by molar-refractivity contribution is 0.0293. The molecule has 2 heterocycles. The number of aliphatic hydroxyl groups excluding tert-OH is 1. The minimum atomic E-state index is -0.279. The molecule has 0 saturated heterocycles. The SMILES string of the molecule is O=C(NC[C@H](OCCO)c1cccs1)c1ccco1. The van der Waals surface area contributed by atoms with Gasteiger partial charge in [-0.05, 0) is 23.6 Å². The van der Waals surface area contributed by atoms with Crippen molar-refractivity contribution in [1.82, 2.24) is 5.32 Å². The molecule has 2 aromatic heterocycles. The molecule has 1 amide bonds. The normalized spacial score (nSPS) is 12.3. The topological polar surface area (TPSA) is 71.7 Å². The first-order valence-electron chi connectivity index (χ1n) is 5.89. The lowest BCUT2D eigenvalue weighted by Crippen LogP contribution is -2.29. The Bertz CT molecular complexity index is 481. The van der Waals surface area contributed by atoms with Crippen LogP contribution in [0.2, 0.25) is 0 Å². The highest BCUT2D eigenvalue weighted by Gasteiger charge is 2.16. The zero-order valence-corrected chi connectivity index (χ0v) is 11.1. The predicted molar refractivity (Wildman–Crippen MR) is 71.1 cm³/mol. The molecule has 2 N–H and O–H groups in total. The average Bonchev–Trinajstić information content (AvgIpc) is 3.11. The Morgan fingerprint density at radius 3 is 3.00 bits per heavy atom. The fourth-order valence-corrected chi connectivity index (χ4v) is 2.37. The van der Waals surface area contributed by atoms with Crippen LogP contribution in [-0.4, -0.2) is 30.8 Å². The molecule has 0 aliphatic rings. The number of aliphatic hydroxyl groups is 1. The second-order valence-electron chi connectivity index (χ2n) is 3.79. The highest BCUT2D eigenvalue weighted by molar-refractivity contribution is 7.10. The number of rotatable bonds is 7. The van der Waals surface area contributed by atoms with Crippen LogP contribution < -0.4 is 5.32 Å². The molecule has 5 nitrogen and oxygen atoms in total. The maximum Gasteiger partial charge on any atom is 0.287 e. The van der Waals surface area contributed by atoms with E-state index in [1.807, 2.05) is 17.5 Å². The maximum absolute atomic E-state index is 11.7. The molecular weight excluding hydrogens is 266 g/mol. The molecule has 19 heavy (non-hydrogen) atoms. The number of carbonyl (C=O) groups is 1. The smallest absolute Gasteiger partial charge is 0.287 e. The van der Waals surface area contributed by atoms with Gasteiger partial charge in [-0.1, -0.05) is 6.07 Å². The fourth-order valence-electron chi connectivity index (χ4n) is 1.59. The number of hydrogen-bond donors (Lipinski definition) is 2. The third-order valence-corrected chi connectivity index (χ3v) is 3.43. The van der Waals surface area contributed by atoms with E-state index in [2.05, 4.69) is 5.32 Å². The lowest BCUT2D eigenvalue weighted by atomic mass is 10.3. The van der Waals surface area contributed by atoms with E-state index in [1.165, 1.54) is 6.26 Å². The first-order chi connectivity index (χ1) is 9.31. The van der Waals surface area contributed by atoms with Gasteiger partial charge < -0.3 is 19.6 Å². The summed E-state index contributed by atoms with van der Waals surface area (Å²) in [6.07, 6.45) is 1.19. The van der Waals surface area contributed by atoms with Gasteiger partial charge in [0.1, 0.15) is 6.10 Å². The lowest BCUT2D eigenvalue weighted by Gasteiger charge is -2.16. The van der Waals surface area contributed by atoms with Gasteiger partial charge in [-0.3, -0.25) is 4.79 Å². The number of nitrogens with one attached hydrogen (secondary N) is 1. The summed E-state index contributed by atoms with van der Waals surface area (Å²) in [5.41, 5.74) is 0. The Balaban J connectivity index is 1.91. The molecular formula is C13H15NO4S. The molecule has 0 saturated carbocycles. The van der Waals surface area contributed by atoms with Crippen LogP contribution in [0.1, 0.15) is 21.5 Å². The van der Waals surface area contributed by atoms with Gasteiger partial charge in [-0.15, -0.1) is 11.3 Å². The summed E-state index contributed by atoms with van der Waals surface area (Å²) in [7, 11) is 0. The van der Waals surface area contributed by atoms with E-state index in [0.717, 1.165) is 4.88 Å². The van der Waals surface area contributed by atoms with E-state index >= 15 is 0 Å². The molecule has 0 bridgehead atoms. The molecule has 0 aliphatic carbocycles. The molecule has 0 unspecified atom stereocenters. The van der Waals surface area contributed by atoms with Crippen molar-refractivity contribution < 1.29 is 19.1 Å². The number of thiophene rings is 1. The molecule has 2 aromatic rings. The summed E-state index contributed by atoms with van der Waals surface area (Å²) in [6.45, 7) is 0.521. The maximum atomic E-state index is 11.7. The van der Waals surface area contributed by atoms with E-state index in [1.54, 1.807) is 23.5 Å². The molecule has 0 aliphatic heterocycles. The van der Waals surface area contributed by atoms with Crippen LogP contribution in [0.3, 0.4) is 0 Å². The van der Waals surface area contributed by atoms with Crippen LogP contribution in [0, 0.1) is 0 Å². The quantitative estimate of drug-likeness (QED) is 0.812. The van der Waals surface area contributed by atoms with Gasteiger partial charge in [0.15, 0.2) is 5.76 Å². The van der Waals surface area contributed by atoms with Crippen molar-refractivity contribution in [1.29, 1.82) is 0 Å². The first kappa shape index (κ1) is 13.8. The van der Waals surface area contributed by atoms with Gasteiger partial charge in [0.2, 0.25) is 0 Å². The van der Waals surface area contributed by atoms with E-state index in [4.69, 9.17) is 14.3 Å². The van der Waals surface area contributed by atoms with Crippen LogP contribution in [0.5, 0.6) is 0 Å². The van der Waals surface area contributed by atoms with Gasteiger partial charge in [0.25, 0.3) is 5.91 Å². The monoisotopic (exact) mass is 281 g/mol. The minimum Gasteiger partial charge on any atom is -0.459 e. The van der Waals surface area contributed by atoms with Crippen LogP contribution in [-0.2, 0) is 4.74 Å². The first-order valence-corrected chi connectivity index (χ1v) is 6.77. The summed E-state index contributed by atoms with van der Waals surface area (Å²) in [5, 5.41) is 13.5. The van der Waals surface area contributed by atoms with Crippen molar-refractivity contribution in [3.05, 3.63) is 46.5 Å². The highest BCUT2D eigenvalue weighted by Crippen LogP contribution is 2.21. The van der Waals surface area contributed by atoms with E-state index < -0.39 is 0 Å². The van der Waals surface area contributed by atoms with Crippen LogP contribution in [0.25, 0.3) is 0 Å². The van der Waals surface area contributed by atoms with E-state index in [0.29, 0.717) is 6.54 Å². The van der Waals surface area contributed by atoms with Crippen LogP contribution in [0.15, 0.2) is 40.3 Å². The summed E-state index contributed by atoms with van der Waals surface area (Å²) < 4.78 is 10.5. The number of hydrogen-bond acceptors (Lipinski definition) is 5. The van der Waals surface area contributed by atoms with Crippen LogP contribution >= 0.6 is 11.3 Å². The largest absolute Gasteiger partial charge is 0.459 e. The zero-order valence-electron chi connectivity index (χ0n) is 10.2. The van der Waals surface area contributed by atoms with Crippen LogP contribution in [0.4, 0.5) is 0 Å². The molecule has 102 valence electrons. The van der Waals surface area contributed by atoms with Crippen molar-refractivity contribution in [2.45, 2.75) is 6.10 Å². The summed E-state index contributed by atoms with van der Waals surface area (Å²) >= 11 is 1.55. The van der Waals surface area contributed by atoms with E-state index in [9.17, 15) is 4.79 Å². The molecule has 2 rings (SSSR count). The molecule has 6 heteroatoms. The Hall–Kier alpha value is -1.63. The second-order valence-corrected chi connectivity index (χ2v) is 4.77. The fraction of sp³-hybridized carbons (Fsp3) is 0.308. The Kier molecular flexibility index (Phi) is 5.14. The number of furan rings is 1. The summed E-state index contributed by atoms with van der Waals surface area (Å²) in [4.78, 5) is 12.8. The van der Waals surface area contributed by atoms with Crippen molar-refractivity contribution in [3.63, 3.8) is 0 Å². The zero-order chi connectivity index (χ0) is 13.5. The summed E-state index contributed by atoms with van der Waals surface area (Å²) in [6, 6.07) is 7.12. The summed E-state index contributed by atoms with van der Waals surface area (Å²) in [5.74, 6) is -0.00811. The standard InChI is InChI=1S/C13H15NO4S/c15-5-7-18-11(12-4-2-8-19-12)9-14-13(16)10-3-1-6-17-10/h1-4,6,8,11,15H,5,7,9H2,(H,14,16)/t11-/m0/s1. The van der Waals surface area contributed by atoms with Crippen molar-refractivity contribution in [2.75, 3.05) is 19.8 Å². The van der Waals surface area contributed by atoms with Gasteiger partial charge in [-0.2, -0.15) is 0 Å². The third kappa shape index (κ3) is 3.92. The molecule has 1 atom stereocenters. The Morgan fingerprint density at radius 1 is 1.47 bits per heavy atom. The van der Waals surface area contributed by atoms with Gasteiger partial charge in [0, 0.05) is 11.4 Å². The van der Waals surface area contributed by atoms with Gasteiger partial charge in [-0.25, -0.2) is 0 Å². The Morgan fingerprint density at radius 2 is 2.37 bits per heavy atom. The molecule has 0 radical (unpaired) electrons. The highest BCUT2D eigenvalue weighted by atomic mass is 32.1. The second kappa shape index (κ2) is 7.08. The van der Waals surface area contributed by atoms with Crippen molar-refractivity contribution in [3.8, 4) is 0 Å². The third-order valence-electron chi connectivity index (χ3n) is 2.46. The number of ether oxygens (including phenoxy) is 1. The number of carbonyl (C=O) groups excluding carboxylic acids is 1. The molecule has 0 aromatic carbocycles. The molecule has 0 fully saturated rings. The predicted octanol–water partition coefficient (Wildman–Crippen LogP) is 1.82. The van der Waals surface area contributed by atoms with Gasteiger partial charge in [0.05, 0.1) is 19.5 Å². The van der Waals surface area contributed by atoms with Crippen molar-refractivity contribution in [2.24, 2.45) is 0 Å². The number of amides is 1. The Labute approximate surface area is 114 Å².